The van der Waals surface area contributed by atoms with Crippen molar-refractivity contribution < 1.29 is 9.53 Å². The number of aryl methyl sites for hydroxylation is 2. The second-order valence-electron chi connectivity index (χ2n) is 9.26. The highest BCUT2D eigenvalue weighted by atomic mass is 16.5. The van der Waals surface area contributed by atoms with Crippen molar-refractivity contribution in [3.05, 3.63) is 59.9 Å². The fourth-order valence-corrected chi connectivity index (χ4v) is 4.98. The smallest absolute Gasteiger partial charge is 0.251 e. The molecule has 5 nitrogen and oxygen atoms in total. The van der Waals surface area contributed by atoms with Crippen molar-refractivity contribution in [2.24, 2.45) is 5.92 Å². The molecule has 1 aliphatic rings. The number of para-hydroxylation sites is 2. The molecule has 1 saturated carbocycles. The number of imidazole rings is 1. The fraction of sp³-hybridized carbons (Fsp3) is 0.500. The molecule has 0 unspecified atom stereocenters. The number of nitrogens with zero attached hydrogens (tertiary/aromatic N) is 2. The lowest BCUT2D eigenvalue weighted by atomic mass is 9.87. The number of hydrogen-bond acceptors (Lipinski definition) is 3. The molecule has 176 valence electrons. The molecule has 0 bridgehead atoms. The van der Waals surface area contributed by atoms with Gasteiger partial charge >= 0.3 is 0 Å². The van der Waals surface area contributed by atoms with Gasteiger partial charge in [-0.2, -0.15) is 0 Å². The summed E-state index contributed by atoms with van der Waals surface area (Å²) in [5, 5.41) is 3.02. The first-order valence-corrected chi connectivity index (χ1v) is 12.6. The molecule has 1 N–H and O–H groups in total. The van der Waals surface area contributed by atoms with E-state index in [1.165, 1.54) is 49.9 Å². The number of carbonyl (C=O) groups excluding carboxylic acids is 1. The lowest BCUT2D eigenvalue weighted by Gasteiger charge is -2.22. The van der Waals surface area contributed by atoms with E-state index in [0.29, 0.717) is 12.1 Å². The molecular weight excluding hydrogens is 410 g/mol. The van der Waals surface area contributed by atoms with Crippen molar-refractivity contribution in [2.75, 3.05) is 13.7 Å². The van der Waals surface area contributed by atoms with Crippen LogP contribution in [0.15, 0.2) is 48.5 Å². The molecule has 0 spiro atoms. The van der Waals surface area contributed by atoms with Crippen LogP contribution in [0.25, 0.3) is 11.0 Å². The monoisotopic (exact) mass is 447 g/mol. The van der Waals surface area contributed by atoms with Crippen molar-refractivity contribution in [1.29, 1.82) is 0 Å². The largest absolute Gasteiger partial charge is 0.497 e. The lowest BCUT2D eigenvalue weighted by molar-refractivity contribution is 0.0953. The Balaban J connectivity index is 1.24. The third kappa shape index (κ3) is 6.37. The summed E-state index contributed by atoms with van der Waals surface area (Å²) in [5.74, 6) is 2.83. The summed E-state index contributed by atoms with van der Waals surface area (Å²) in [6, 6.07) is 15.8. The van der Waals surface area contributed by atoms with Gasteiger partial charge in [0.05, 0.1) is 18.1 Å². The van der Waals surface area contributed by atoms with Crippen LogP contribution in [-0.2, 0) is 13.0 Å². The highest BCUT2D eigenvalue weighted by molar-refractivity contribution is 5.94. The maximum absolute atomic E-state index is 12.3. The van der Waals surface area contributed by atoms with E-state index < -0.39 is 0 Å². The van der Waals surface area contributed by atoms with E-state index in [9.17, 15) is 4.79 Å². The third-order valence-electron chi connectivity index (χ3n) is 6.93. The number of amides is 1. The summed E-state index contributed by atoms with van der Waals surface area (Å²) in [4.78, 5) is 17.2. The zero-order chi connectivity index (χ0) is 22.9. The average Bonchev–Trinajstić information content (AvgIpc) is 3.22. The van der Waals surface area contributed by atoms with Gasteiger partial charge in [-0.05, 0) is 61.6 Å². The number of unbranched alkanes of at least 4 members (excludes halogenated alkanes) is 2. The molecule has 0 atom stereocenters. The predicted molar refractivity (Wildman–Crippen MR) is 134 cm³/mol. The van der Waals surface area contributed by atoms with Gasteiger partial charge in [0, 0.05) is 25.1 Å². The Morgan fingerprint density at radius 2 is 1.82 bits per heavy atom. The minimum Gasteiger partial charge on any atom is -0.497 e. The number of nitrogens with one attached hydrogen (secondary N) is 1. The van der Waals surface area contributed by atoms with Gasteiger partial charge in [0.2, 0.25) is 0 Å². The van der Waals surface area contributed by atoms with E-state index in [-0.39, 0.29) is 5.91 Å². The molecule has 1 fully saturated rings. The van der Waals surface area contributed by atoms with E-state index in [4.69, 9.17) is 9.72 Å². The van der Waals surface area contributed by atoms with Gasteiger partial charge in [0.1, 0.15) is 11.6 Å². The van der Waals surface area contributed by atoms with Crippen LogP contribution in [0.1, 0.15) is 74.0 Å². The highest BCUT2D eigenvalue weighted by Gasteiger charge is 2.16. The minimum absolute atomic E-state index is 0.0258. The van der Waals surface area contributed by atoms with Crippen molar-refractivity contribution >= 4 is 16.9 Å². The Kier molecular flexibility index (Phi) is 8.40. The normalized spacial score (nSPS) is 14.5. The molecule has 4 rings (SSSR count). The van der Waals surface area contributed by atoms with Gasteiger partial charge in [0.25, 0.3) is 5.91 Å². The molecule has 1 heterocycles. The molecule has 0 radical (unpaired) electrons. The number of benzene rings is 2. The molecule has 0 aliphatic heterocycles. The maximum Gasteiger partial charge on any atom is 0.251 e. The van der Waals surface area contributed by atoms with Crippen molar-refractivity contribution in [2.45, 2.75) is 70.8 Å². The first-order valence-electron chi connectivity index (χ1n) is 12.6. The highest BCUT2D eigenvalue weighted by Crippen LogP contribution is 2.28. The van der Waals surface area contributed by atoms with Gasteiger partial charge in [-0.3, -0.25) is 4.79 Å². The number of methoxy groups -OCH3 is 1. The Morgan fingerprint density at radius 1 is 1.03 bits per heavy atom. The molecule has 3 aromatic rings. The average molecular weight is 448 g/mol. The third-order valence-corrected chi connectivity index (χ3v) is 6.93. The molecule has 5 heteroatoms. The second-order valence-corrected chi connectivity index (χ2v) is 9.26. The molecular formula is C28H37N3O2. The van der Waals surface area contributed by atoms with Crippen molar-refractivity contribution in [3.63, 3.8) is 0 Å². The zero-order valence-corrected chi connectivity index (χ0v) is 19.9. The van der Waals surface area contributed by atoms with E-state index in [0.717, 1.165) is 49.4 Å². The van der Waals surface area contributed by atoms with Gasteiger partial charge in [-0.15, -0.1) is 0 Å². The number of carbonyl (C=O) groups is 1. The summed E-state index contributed by atoms with van der Waals surface area (Å²) in [6.45, 7) is 1.78. The number of hydrogen-bond donors (Lipinski definition) is 1. The van der Waals surface area contributed by atoms with Crippen LogP contribution in [0.3, 0.4) is 0 Å². The number of fused-ring (bicyclic) bond motifs is 1. The van der Waals surface area contributed by atoms with Crippen LogP contribution >= 0.6 is 0 Å². The Hall–Kier alpha value is -2.82. The van der Waals surface area contributed by atoms with Gasteiger partial charge < -0.3 is 14.6 Å². The maximum atomic E-state index is 12.3. The number of ether oxygens (including phenoxy) is 1. The second kappa shape index (κ2) is 11.9. The van der Waals surface area contributed by atoms with Crippen LogP contribution in [0.2, 0.25) is 0 Å². The molecule has 1 aromatic heterocycles. The summed E-state index contributed by atoms with van der Waals surface area (Å²) in [7, 11) is 1.63. The zero-order valence-electron chi connectivity index (χ0n) is 19.9. The van der Waals surface area contributed by atoms with E-state index in [1.54, 1.807) is 19.2 Å². The standard InChI is InChI=1S/C28H37N3O2/c1-33-24-17-15-23(16-18-24)28(32)29-20-9-3-6-14-27-30-25-12-7-8-13-26(25)31(27)21-19-22-10-4-2-5-11-22/h7-8,12-13,15-18,22H,2-6,9-11,14,19-21H2,1H3,(H,29,32). The van der Waals surface area contributed by atoms with E-state index in [2.05, 4.69) is 34.1 Å². The van der Waals surface area contributed by atoms with Crippen LogP contribution in [0, 0.1) is 5.92 Å². The number of aromatic nitrogens is 2. The SMILES string of the molecule is COc1ccc(C(=O)NCCCCCc2nc3ccccc3n2CCC2CCCCC2)cc1. The van der Waals surface area contributed by atoms with E-state index >= 15 is 0 Å². The minimum atomic E-state index is -0.0258. The Labute approximate surface area is 197 Å². The van der Waals surface area contributed by atoms with E-state index in [1.807, 2.05) is 12.1 Å². The Morgan fingerprint density at radius 3 is 2.61 bits per heavy atom. The number of rotatable bonds is 11. The Bertz CT molecular complexity index is 1020. The molecule has 1 amide bonds. The van der Waals surface area contributed by atoms with Crippen molar-refractivity contribution in [1.82, 2.24) is 14.9 Å². The fourth-order valence-electron chi connectivity index (χ4n) is 4.98. The quantitative estimate of drug-likeness (QED) is 0.358. The van der Waals surface area contributed by atoms with Crippen LogP contribution in [0.5, 0.6) is 5.75 Å². The molecule has 0 saturated heterocycles. The molecule has 33 heavy (non-hydrogen) atoms. The summed E-state index contributed by atoms with van der Waals surface area (Å²) in [5.41, 5.74) is 3.06. The lowest BCUT2D eigenvalue weighted by Crippen LogP contribution is -2.24. The summed E-state index contributed by atoms with van der Waals surface area (Å²) >= 11 is 0. The molecule has 1 aliphatic carbocycles. The van der Waals surface area contributed by atoms with Crippen LogP contribution in [0.4, 0.5) is 0 Å². The summed E-state index contributed by atoms with van der Waals surface area (Å²) < 4.78 is 7.61. The predicted octanol–water partition coefficient (Wildman–Crippen LogP) is 6.16. The van der Waals surface area contributed by atoms with Gasteiger partial charge in [-0.25, -0.2) is 4.98 Å². The topological polar surface area (TPSA) is 56.1 Å². The van der Waals surface area contributed by atoms with Crippen LogP contribution < -0.4 is 10.1 Å². The first kappa shape index (κ1) is 23.3. The first-order chi connectivity index (χ1) is 16.2. The van der Waals surface area contributed by atoms with Crippen LogP contribution in [-0.4, -0.2) is 29.1 Å². The summed E-state index contributed by atoms with van der Waals surface area (Å²) in [6.07, 6.45) is 12.4. The van der Waals surface area contributed by atoms with Gasteiger partial charge in [0.15, 0.2) is 0 Å². The van der Waals surface area contributed by atoms with Crippen molar-refractivity contribution in [3.8, 4) is 5.75 Å². The molecule has 2 aromatic carbocycles. The van der Waals surface area contributed by atoms with Gasteiger partial charge in [-0.1, -0.05) is 50.7 Å².